The fourth-order valence-corrected chi connectivity index (χ4v) is 6.87. The summed E-state index contributed by atoms with van der Waals surface area (Å²) < 4.78 is 36.5. The smallest absolute Gasteiger partial charge is 0.269 e. The Bertz CT molecular complexity index is 1780. The number of hydrogen-bond donors (Lipinski definition) is 0. The molecular formula is C29H27N5O3S. The molecule has 0 radical (unpaired) electrons. The van der Waals surface area contributed by atoms with Crippen LogP contribution in [0.5, 0.6) is 5.75 Å². The molecule has 8 nitrogen and oxygen atoms in total. The van der Waals surface area contributed by atoms with Crippen molar-refractivity contribution < 1.29 is 13.2 Å². The van der Waals surface area contributed by atoms with Crippen molar-refractivity contribution in [3.63, 3.8) is 0 Å². The number of aromatic nitrogens is 4. The number of hydrogen-bond acceptors (Lipinski definition) is 6. The van der Waals surface area contributed by atoms with Gasteiger partial charge in [-0.25, -0.2) is 22.4 Å². The summed E-state index contributed by atoms with van der Waals surface area (Å²) in [5.74, 6) is 2.16. The molecule has 0 unspecified atom stereocenters. The van der Waals surface area contributed by atoms with Crippen LogP contribution >= 0.6 is 0 Å². The summed E-state index contributed by atoms with van der Waals surface area (Å²) in [7, 11) is -3.81. The van der Waals surface area contributed by atoms with E-state index in [2.05, 4.69) is 18.0 Å². The van der Waals surface area contributed by atoms with Crippen LogP contribution in [0, 0.1) is 24.2 Å². The van der Waals surface area contributed by atoms with Crippen molar-refractivity contribution in [1.29, 1.82) is 5.26 Å². The largest absolute Gasteiger partial charge is 0.490 e. The van der Waals surface area contributed by atoms with Crippen molar-refractivity contribution in [2.75, 3.05) is 0 Å². The Morgan fingerprint density at radius 2 is 1.76 bits per heavy atom. The van der Waals surface area contributed by atoms with Gasteiger partial charge in [-0.1, -0.05) is 31.0 Å². The van der Waals surface area contributed by atoms with Crippen LogP contribution in [0.2, 0.25) is 0 Å². The van der Waals surface area contributed by atoms with Gasteiger partial charge in [0.1, 0.15) is 11.6 Å². The predicted molar refractivity (Wildman–Crippen MR) is 144 cm³/mol. The van der Waals surface area contributed by atoms with E-state index in [1.807, 2.05) is 23.5 Å². The molecular weight excluding hydrogens is 498 g/mol. The third-order valence-corrected chi connectivity index (χ3v) is 9.23. The van der Waals surface area contributed by atoms with Gasteiger partial charge in [-0.3, -0.25) is 4.40 Å². The van der Waals surface area contributed by atoms with E-state index in [1.165, 1.54) is 3.97 Å². The maximum Gasteiger partial charge on any atom is 0.269 e. The van der Waals surface area contributed by atoms with Gasteiger partial charge < -0.3 is 4.74 Å². The van der Waals surface area contributed by atoms with Gasteiger partial charge in [-0.05, 0) is 68.1 Å². The van der Waals surface area contributed by atoms with E-state index < -0.39 is 10.0 Å². The number of benzene rings is 2. The monoisotopic (exact) mass is 525 g/mol. The Kier molecular flexibility index (Phi) is 5.92. The molecule has 3 atom stereocenters. The molecule has 192 valence electrons. The second-order valence-corrected chi connectivity index (χ2v) is 11.7. The van der Waals surface area contributed by atoms with Crippen molar-refractivity contribution in [3.05, 3.63) is 90.1 Å². The molecule has 5 aromatic rings. The van der Waals surface area contributed by atoms with Crippen molar-refractivity contribution in [3.8, 4) is 11.8 Å². The number of fused-ring (bicyclic) bond motifs is 3. The number of aryl methyl sites for hydroxylation is 1. The molecule has 1 fully saturated rings. The molecule has 0 bridgehead atoms. The lowest BCUT2D eigenvalue weighted by atomic mass is 9.93. The van der Waals surface area contributed by atoms with Gasteiger partial charge in [0.05, 0.1) is 46.1 Å². The van der Waals surface area contributed by atoms with E-state index in [4.69, 9.17) is 15.0 Å². The first-order valence-corrected chi connectivity index (χ1v) is 14.2. The van der Waals surface area contributed by atoms with Gasteiger partial charge in [0.15, 0.2) is 5.65 Å². The first-order chi connectivity index (χ1) is 18.4. The minimum absolute atomic E-state index is 0.0223. The fourth-order valence-electron chi connectivity index (χ4n) is 5.57. The van der Waals surface area contributed by atoms with E-state index in [9.17, 15) is 8.42 Å². The molecule has 0 aliphatic heterocycles. The van der Waals surface area contributed by atoms with E-state index in [0.29, 0.717) is 22.6 Å². The van der Waals surface area contributed by atoms with Crippen LogP contribution in [-0.2, 0) is 10.0 Å². The second kappa shape index (κ2) is 9.30. The maximum atomic E-state index is 13.5. The standard InChI is InChI=1S/C29H27N5O3S/c1-3-21-14-24(37-23-8-6-20(16-30)7-9-23)15-26(21)28-31-17-22-18-32-29-27(34(22)28)12-13-33(29)38(35,36)25-10-4-19(2)5-11-25/h4-13,17-18,21,24,26H,3,14-15H2,1-2H3/t21-,24-,26+/m1/s1. The molecule has 3 aromatic heterocycles. The Morgan fingerprint density at radius 3 is 2.47 bits per heavy atom. The van der Waals surface area contributed by atoms with Crippen molar-refractivity contribution >= 4 is 26.7 Å². The van der Waals surface area contributed by atoms with E-state index in [1.54, 1.807) is 61.1 Å². The van der Waals surface area contributed by atoms with Crippen LogP contribution in [0.1, 0.15) is 49.1 Å². The van der Waals surface area contributed by atoms with Gasteiger partial charge >= 0.3 is 0 Å². The average Bonchev–Trinajstić information content (AvgIpc) is 3.65. The van der Waals surface area contributed by atoms with Crippen LogP contribution in [0.3, 0.4) is 0 Å². The summed E-state index contributed by atoms with van der Waals surface area (Å²) in [6.45, 7) is 4.10. The molecule has 38 heavy (non-hydrogen) atoms. The van der Waals surface area contributed by atoms with Crippen molar-refractivity contribution in [1.82, 2.24) is 18.3 Å². The summed E-state index contributed by atoms with van der Waals surface area (Å²) >= 11 is 0. The Hall–Kier alpha value is -4.16. The molecule has 2 aromatic carbocycles. The van der Waals surface area contributed by atoms with Gasteiger partial charge in [0, 0.05) is 12.1 Å². The minimum Gasteiger partial charge on any atom is -0.490 e. The third kappa shape index (κ3) is 4.02. The van der Waals surface area contributed by atoms with E-state index >= 15 is 0 Å². The summed E-state index contributed by atoms with van der Waals surface area (Å²) in [6, 6.07) is 18.0. The highest BCUT2D eigenvalue weighted by molar-refractivity contribution is 7.90. The van der Waals surface area contributed by atoms with Gasteiger partial charge in [0.2, 0.25) is 0 Å². The van der Waals surface area contributed by atoms with Gasteiger partial charge in [-0.15, -0.1) is 0 Å². The van der Waals surface area contributed by atoms with Crippen molar-refractivity contribution in [2.45, 2.75) is 50.0 Å². The Labute approximate surface area is 221 Å². The highest BCUT2D eigenvalue weighted by Crippen LogP contribution is 2.43. The molecule has 6 rings (SSSR count). The van der Waals surface area contributed by atoms with Crippen LogP contribution in [0.15, 0.2) is 78.1 Å². The van der Waals surface area contributed by atoms with Gasteiger partial charge in [0.25, 0.3) is 10.0 Å². The zero-order valence-corrected chi connectivity index (χ0v) is 22.0. The van der Waals surface area contributed by atoms with Gasteiger partial charge in [-0.2, -0.15) is 5.26 Å². The lowest BCUT2D eigenvalue weighted by molar-refractivity contribution is 0.203. The normalized spacial score (nSPS) is 19.7. The highest BCUT2D eigenvalue weighted by Gasteiger charge is 2.38. The van der Waals surface area contributed by atoms with Crippen LogP contribution in [0.4, 0.5) is 0 Å². The zero-order valence-electron chi connectivity index (χ0n) is 21.2. The van der Waals surface area contributed by atoms with Crippen molar-refractivity contribution in [2.24, 2.45) is 5.92 Å². The number of ether oxygens (including phenoxy) is 1. The molecule has 0 N–H and O–H groups in total. The zero-order chi connectivity index (χ0) is 26.4. The molecule has 9 heteroatoms. The van der Waals surface area contributed by atoms with E-state index in [0.717, 1.165) is 41.9 Å². The number of imidazole rings is 1. The number of nitrogens with zero attached hydrogens (tertiary/aromatic N) is 5. The first-order valence-electron chi connectivity index (χ1n) is 12.7. The fraction of sp³-hybridized carbons (Fsp3) is 0.276. The molecule has 1 saturated carbocycles. The summed E-state index contributed by atoms with van der Waals surface area (Å²) in [5, 5.41) is 9.06. The molecule has 3 heterocycles. The summed E-state index contributed by atoms with van der Waals surface area (Å²) in [5.41, 5.74) is 3.49. The molecule has 0 spiro atoms. The van der Waals surface area contributed by atoms with E-state index in [-0.39, 0.29) is 16.9 Å². The molecule has 0 amide bonds. The topological polar surface area (TPSA) is 102 Å². The summed E-state index contributed by atoms with van der Waals surface area (Å²) in [6.07, 6.45) is 7.74. The maximum absolute atomic E-state index is 13.5. The highest BCUT2D eigenvalue weighted by atomic mass is 32.2. The summed E-state index contributed by atoms with van der Waals surface area (Å²) in [4.78, 5) is 9.54. The first kappa shape index (κ1) is 24.2. The predicted octanol–water partition coefficient (Wildman–Crippen LogP) is 5.45. The van der Waals surface area contributed by atoms with Crippen LogP contribution < -0.4 is 4.74 Å². The quantitative estimate of drug-likeness (QED) is 0.292. The molecule has 0 saturated heterocycles. The SMILES string of the molecule is CC[C@@H]1C[C@@H](Oc2ccc(C#N)cc2)C[C@@H]1c1ncc2cnc3c(ccn3S(=O)(=O)c3ccc(C)cc3)n12. The Balaban J connectivity index is 1.37. The third-order valence-electron chi connectivity index (χ3n) is 7.55. The number of nitriles is 1. The Morgan fingerprint density at radius 1 is 1.03 bits per heavy atom. The van der Waals surface area contributed by atoms with Crippen LogP contribution in [-0.4, -0.2) is 32.9 Å². The minimum atomic E-state index is -3.81. The molecule has 1 aliphatic carbocycles. The lowest BCUT2D eigenvalue weighted by Gasteiger charge is -2.17. The molecule has 1 aliphatic rings. The lowest BCUT2D eigenvalue weighted by Crippen LogP contribution is -2.13. The average molecular weight is 526 g/mol. The second-order valence-electron chi connectivity index (χ2n) is 9.90. The number of rotatable bonds is 6. The van der Waals surface area contributed by atoms with Crippen LogP contribution in [0.25, 0.3) is 16.7 Å².